The fourth-order valence-corrected chi connectivity index (χ4v) is 3.93. The van der Waals surface area contributed by atoms with Crippen LogP contribution in [0.1, 0.15) is 0 Å². The summed E-state index contributed by atoms with van der Waals surface area (Å²) in [6, 6.07) is 16.9. The lowest BCUT2D eigenvalue weighted by Gasteiger charge is -2.12. The molecular formula is C21H16BrFN6O2S2. The van der Waals surface area contributed by atoms with Gasteiger partial charge in [-0.1, -0.05) is 27.7 Å². The molecule has 0 bridgehead atoms. The van der Waals surface area contributed by atoms with Crippen LogP contribution < -0.4 is 16.2 Å². The lowest BCUT2D eigenvalue weighted by Crippen LogP contribution is -2.44. The molecule has 3 N–H and O–H groups in total. The van der Waals surface area contributed by atoms with Crippen molar-refractivity contribution in [1.82, 2.24) is 25.6 Å². The zero-order valence-electron chi connectivity index (χ0n) is 16.8. The molecule has 0 aliphatic rings. The van der Waals surface area contributed by atoms with E-state index in [0.29, 0.717) is 22.4 Å². The van der Waals surface area contributed by atoms with Crippen molar-refractivity contribution in [3.63, 3.8) is 0 Å². The van der Waals surface area contributed by atoms with Crippen molar-refractivity contribution in [2.24, 2.45) is 0 Å². The third-order valence-corrected chi connectivity index (χ3v) is 5.87. The number of anilines is 1. The summed E-state index contributed by atoms with van der Waals surface area (Å²) in [6.07, 6.45) is 1.56. The number of thioether (sulfide) groups is 1. The Hall–Kier alpha value is -3.22. The fourth-order valence-electron chi connectivity index (χ4n) is 2.74. The zero-order chi connectivity index (χ0) is 23.2. The van der Waals surface area contributed by atoms with Gasteiger partial charge in [-0.15, -0.1) is 10.2 Å². The number of thiocarbonyl (C=S) groups is 1. The number of nitrogens with one attached hydrogen (secondary N) is 3. The minimum atomic E-state index is -0.351. The molecule has 1 amide bonds. The molecule has 2 aromatic heterocycles. The molecule has 8 nitrogen and oxygen atoms in total. The summed E-state index contributed by atoms with van der Waals surface area (Å²) in [7, 11) is 0. The maximum Gasteiger partial charge on any atom is 0.248 e. The van der Waals surface area contributed by atoms with Gasteiger partial charge in [0.2, 0.25) is 11.7 Å². The summed E-state index contributed by atoms with van der Waals surface area (Å²) in [5.74, 6) is 0.455. The Morgan fingerprint density at radius 1 is 1.09 bits per heavy atom. The van der Waals surface area contributed by atoms with Gasteiger partial charge >= 0.3 is 0 Å². The molecule has 2 aromatic carbocycles. The molecule has 0 saturated heterocycles. The number of hydrogen-bond donors (Lipinski definition) is 3. The Balaban J connectivity index is 1.39. The first kappa shape index (κ1) is 23.0. The van der Waals surface area contributed by atoms with E-state index in [2.05, 4.69) is 42.3 Å². The molecule has 33 heavy (non-hydrogen) atoms. The van der Waals surface area contributed by atoms with Gasteiger partial charge in [0, 0.05) is 15.8 Å². The summed E-state index contributed by atoms with van der Waals surface area (Å²) in [4.78, 5) is 12.3. The second kappa shape index (κ2) is 10.6. The van der Waals surface area contributed by atoms with E-state index in [1.54, 1.807) is 18.4 Å². The van der Waals surface area contributed by atoms with Crippen molar-refractivity contribution in [2.75, 3.05) is 11.1 Å². The molecule has 4 aromatic rings. The highest BCUT2D eigenvalue weighted by atomic mass is 79.9. The first-order valence-corrected chi connectivity index (χ1v) is 11.7. The lowest BCUT2D eigenvalue weighted by molar-refractivity contribution is -0.119. The first-order chi connectivity index (χ1) is 16.0. The smallest absolute Gasteiger partial charge is 0.248 e. The Bertz CT molecular complexity index is 1250. The molecule has 0 aliphatic carbocycles. The lowest BCUT2D eigenvalue weighted by atomic mass is 10.3. The number of hydrazine groups is 1. The van der Waals surface area contributed by atoms with Gasteiger partial charge in [0.15, 0.2) is 16.0 Å². The molecule has 0 unspecified atom stereocenters. The van der Waals surface area contributed by atoms with Crippen molar-refractivity contribution >= 4 is 56.6 Å². The van der Waals surface area contributed by atoms with Crippen LogP contribution in [0.4, 0.5) is 10.1 Å². The molecule has 12 heteroatoms. The number of halogens is 2. The van der Waals surface area contributed by atoms with Crippen LogP contribution in [0.15, 0.2) is 81.0 Å². The highest BCUT2D eigenvalue weighted by Crippen LogP contribution is 2.28. The molecule has 0 radical (unpaired) electrons. The Labute approximate surface area is 206 Å². The van der Waals surface area contributed by atoms with E-state index in [4.69, 9.17) is 16.6 Å². The molecule has 0 saturated carbocycles. The summed E-state index contributed by atoms with van der Waals surface area (Å²) in [5, 5.41) is 12.0. The minimum Gasteiger partial charge on any atom is -0.461 e. The van der Waals surface area contributed by atoms with Crippen LogP contribution in [0, 0.1) is 5.82 Å². The van der Waals surface area contributed by atoms with Gasteiger partial charge < -0.3 is 9.73 Å². The number of furan rings is 1. The van der Waals surface area contributed by atoms with Crippen LogP contribution in [-0.2, 0) is 4.79 Å². The van der Waals surface area contributed by atoms with E-state index < -0.39 is 0 Å². The summed E-state index contributed by atoms with van der Waals surface area (Å²) in [6.45, 7) is 0. The summed E-state index contributed by atoms with van der Waals surface area (Å²) in [5.41, 5.74) is 6.54. The van der Waals surface area contributed by atoms with Crippen LogP contribution in [-0.4, -0.2) is 31.5 Å². The Morgan fingerprint density at radius 2 is 1.85 bits per heavy atom. The van der Waals surface area contributed by atoms with E-state index in [1.165, 1.54) is 36.0 Å². The van der Waals surface area contributed by atoms with Crippen LogP contribution in [0.5, 0.6) is 0 Å². The molecule has 0 atom stereocenters. The number of nitrogens with zero attached hydrogens (tertiary/aromatic N) is 3. The predicted octanol–water partition coefficient (Wildman–Crippen LogP) is 4.54. The maximum absolute atomic E-state index is 13.0. The molecule has 0 fully saturated rings. The average molecular weight is 547 g/mol. The van der Waals surface area contributed by atoms with Gasteiger partial charge in [-0.2, -0.15) is 0 Å². The number of aromatic nitrogens is 3. The first-order valence-electron chi connectivity index (χ1n) is 9.49. The van der Waals surface area contributed by atoms with E-state index >= 15 is 0 Å². The zero-order valence-corrected chi connectivity index (χ0v) is 20.0. The van der Waals surface area contributed by atoms with Crippen LogP contribution in [0.3, 0.4) is 0 Å². The molecule has 168 valence electrons. The Kier molecular flexibility index (Phi) is 7.37. The predicted molar refractivity (Wildman–Crippen MR) is 131 cm³/mol. The highest BCUT2D eigenvalue weighted by Gasteiger charge is 2.19. The topological polar surface area (TPSA) is 97.0 Å². The number of carbonyl (C=O) groups is 1. The van der Waals surface area contributed by atoms with Crippen molar-refractivity contribution in [3.05, 3.63) is 77.2 Å². The van der Waals surface area contributed by atoms with Gasteiger partial charge in [-0.05, 0) is 72.9 Å². The van der Waals surface area contributed by atoms with Crippen molar-refractivity contribution in [2.45, 2.75) is 5.16 Å². The van der Waals surface area contributed by atoms with Crippen molar-refractivity contribution in [1.29, 1.82) is 0 Å². The second-order valence-electron chi connectivity index (χ2n) is 6.52. The van der Waals surface area contributed by atoms with Gasteiger partial charge in [-0.3, -0.25) is 20.2 Å². The standard InChI is InChI=1S/C21H16BrFN6O2S2/c22-13-3-9-16(10-4-13)29-19(17-2-1-11-31-17)26-28-21(29)33-12-18(30)25-27-20(32)24-15-7-5-14(23)6-8-15/h1-11H,12H2,(H,25,30)(H2,24,27,32). The number of amides is 1. The van der Waals surface area contributed by atoms with Crippen molar-refractivity contribution in [3.8, 4) is 17.3 Å². The number of rotatable bonds is 6. The molecule has 0 spiro atoms. The summed E-state index contributed by atoms with van der Waals surface area (Å²) >= 11 is 9.77. The molecule has 4 rings (SSSR count). The van der Waals surface area contributed by atoms with Gasteiger partial charge in [-0.25, -0.2) is 4.39 Å². The highest BCUT2D eigenvalue weighted by molar-refractivity contribution is 9.10. The van der Waals surface area contributed by atoms with Crippen molar-refractivity contribution < 1.29 is 13.6 Å². The maximum atomic E-state index is 13.0. The van der Waals surface area contributed by atoms with Crippen LogP contribution in [0.25, 0.3) is 17.3 Å². The Morgan fingerprint density at radius 3 is 2.55 bits per heavy atom. The molecule has 0 aliphatic heterocycles. The van der Waals surface area contributed by atoms with Crippen LogP contribution >= 0.6 is 39.9 Å². The minimum absolute atomic E-state index is 0.0545. The largest absolute Gasteiger partial charge is 0.461 e. The average Bonchev–Trinajstić information content (AvgIpc) is 3.48. The quantitative estimate of drug-likeness (QED) is 0.184. The third kappa shape index (κ3) is 5.97. The molecular weight excluding hydrogens is 531 g/mol. The fraction of sp³-hybridized carbons (Fsp3) is 0.0476. The second-order valence-corrected chi connectivity index (χ2v) is 8.78. The monoisotopic (exact) mass is 546 g/mol. The van der Waals surface area contributed by atoms with E-state index in [-0.39, 0.29) is 22.6 Å². The van der Waals surface area contributed by atoms with Gasteiger partial charge in [0.25, 0.3) is 0 Å². The van der Waals surface area contributed by atoms with Gasteiger partial charge in [0.05, 0.1) is 12.0 Å². The van der Waals surface area contributed by atoms with E-state index in [0.717, 1.165) is 10.2 Å². The van der Waals surface area contributed by atoms with Gasteiger partial charge in [0.1, 0.15) is 5.82 Å². The third-order valence-electron chi connectivity index (χ3n) is 4.21. The number of benzene rings is 2. The van der Waals surface area contributed by atoms with Crippen LogP contribution in [0.2, 0.25) is 0 Å². The normalized spacial score (nSPS) is 10.6. The SMILES string of the molecule is O=C(CSc1nnc(-c2ccco2)n1-c1ccc(Br)cc1)NNC(=S)Nc1ccc(F)cc1. The number of carbonyl (C=O) groups excluding carboxylic acids is 1. The number of hydrogen-bond acceptors (Lipinski definition) is 6. The van der Waals surface area contributed by atoms with E-state index in [1.807, 2.05) is 28.8 Å². The molecule has 2 heterocycles. The summed E-state index contributed by atoms with van der Waals surface area (Å²) < 4.78 is 21.2. The van der Waals surface area contributed by atoms with E-state index in [9.17, 15) is 9.18 Å².